The minimum Gasteiger partial charge on any atom is -0.372 e. The first-order valence-electron chi connectivity index (χ1n) is 10.3. The molecule has 1 saturated heterocycles. The number of hydrogen-bond donors (Lipinski definition) is 1. The number of rotatable bonds is 4. The average molecular weight is 384 g/mol. The predicted octanol–water partition coefficient (Wildman–Crippen LogP) is 4.63. The summed E-state index contributed by atoms with van der Waals surface area (Å²) in [6.45, 7) is 3.00. The van der Waals surface area contributed by atoms with Gasteiger partial charge in [-0.25, -0.2) is 4.98 Å². The molecule has 0 bridgehead atoms. The standard InChI is InChI=1S/C24H24N4O/c29-24(28-16-12-18-5-1-2-6-22(18)28)19-11-13-25-23(17-19)26-20-7-9-21(10-8-20)27-14-3-4-15-27/h1-2,5-11,13,17H,3-4,12,14-16H2,(H,25,26). The van der Waals surface area contributed by atoms with Gasteiger partial charge in [-0.3, -0.25) is 4.79 Å². The monoisotopic (exact) mass is 384 g/mol. The number of benzene rings is 2. The fourth-order valence-corrected chi connectivity index (χ4v) is 4.22. The van der Waals surface area contributed by atoms with Crippen LogP contribution in [-0.2, 0) is 6.42 Å². The van der Waals surface area contributed by atoms with Gasteiger partial charge in [0.25, 0.3) is 5.91 Å². The highest BCUT2D eigenvalue weighted by atomic mass is 16.2. The first-order valence-corrected chi connectivity index (χ1v) is 10.3. The number of para-hydroxylation sites is 1. The second kappa shape index (κ2) is 7.59. The number of carbonyl (C=O) groups excluding carboxylic acids is 1. The average Bonchev–Trinajstić information content (AvgIpc) is 3.44. The van der Waals surface area contributed by atoms with Gasteiger partial charge in [-0.15, -0.1) is 0 Å². The van der Waals surface area contributed by atoms with Crippen molar-refractivity contribution in [2.75, 3.05) is 34.8 Å². The zero-order valence-corrected chi connectivity index (χ0v) is 16.3. The van der Waals surface area contributed by atoms with E-state index in [0.29, 0.717) is 11.4 Å². The van der Waals surface area contributed by atoms with Crippen molar-refractivity contribution in [3.05, 3.63) is 78.0 Å². The molecule has 1 fully saturated rings. The number of nitrogens with one attached hydrogen (secondary N) is 1. The van der Waals surface area contributed by atoms with Crippen LogP contribution in [0.3, 0.4) is 0 Å². The van der Waals surface area contributed by atoms with Gasteiger partial charge in [0, 0.05) is 48.5 Å². The Morgan fingerprint density at radius 2 is 1.72 bits per heavy atom. The molecule has 1 aromatic heterocycles. The molecule has 146 valence electrons. The number of fused-ring (bicyclic) bond motifs is 1. The summed E-state index contributed by atoms with van der Waals surface area (Å²) in [4.78, 5) is 21.7. The lowest BCUT2D eigenvalue weighted by Crippen LogP contribution is -2.28. The summed E-state index contributed by atoms with van der Waals surface area (Å²) in [5.41, 5.74) is 5.12. The fourth-order valence-electron chi connectivity index (χ4n) is 4.22. The van der Waals surface area contributed by atoms with Crippen LogP contribution in [0.1, 0.15) is 28.8 Å². The van der Waals surface area contributed by atoms with Crippen LogP contribution < -0.4 is 15.1 Å². The summed E-state index contributed by atoms with van der Waals surface area (Å²) in [5.74, 6) is 0.696. The molecule has 0 atom stereocenters. The molecule has 5 heteroatoms. The van der Waals surface area contributed by atoms with Gasteiger partial charge in [0.05, 0.1) is 0 Å². The number of pyridine rings is 1. The predicted molar refractivity (Wildman–Crippen MR) is 117 cm³/mol. The molecule has 1 amide bonds. The lowest BCUT2D eigenvalue weighted by molar-refractivity contribution is 0.0989. The zero-order chi connectivity index (χ0) is 19.6. The van der Waals surface area contributed by atoms with Gasteiger partial charge in [0.15, 0.2) is 0 Å². The van der Waals surface area contributed by atoms with Crippen molar-refractivity contribution >= 4 is 28.8 Å². The van der Waals surface area contributed by atoms with Gasteiger partial charge < -0.3 is 15.1 Å². The molecule has 0 unspecified atom stereocenters. The van der Waals surface area contributed by atoms with E-state index in [9.17, 15) is 4.79 Å². The van der Waals surface area contributed by atoms with Crippen LogP contribution in [0.15, 0.2) is 66.9 Å². The minimum absolute atomic E-state index is 0.0183. The minimum atomic E-state index is 0.0183. The number of hydrogen-bond acceptors (Lipinski definition) is 4. The van der Waals surface area contributed by atoms with Crippen LogP contribution in [-0.4, -0.2) is 30.5 Å². The molecule has 2 aliphatic rings. The Balaban J connectivity index is 1.32. The number of carbonyl (C=O) groups is 1. The Hall–Kier alpha value is -3.34. The van der Waals surface area contributed by atoms with Crippen molar-refractivity contribution in [2.24, 2.45) is 0 Å². The van der Waals surface area contributed by atoms with Crippen LogP contribution in [0.25, 0.3) is 0 Å². The Morgan fingerprint density at radius 1 is 0.931 bits per heavy atom. The van der Waals surface area contributed by atoms with Crippen molar-refractivity contribution in [1.82, 2.24) is 4.98 Å². The Kier molecular flexibility index (Phi) is 4.64. The summed E-state index contributed by atoms with van der Waals surface area (Å²) in [6.07, 6.45) is 5.14. The molecule has 0 aliphatic carbocycles. The normalized spacial score (nSPS) is 15.4. The van der Waals surface area contributed by atoms with E-state index in [4.69, 9.17) is 0 Å². The fraction of sp³-hybridized carbons (Fsp3) is 0.250. The van der Waals surface area contributed by atoms with Crippen molar-refractivity contribution in [3.8, 4) is 0 Å². The molecule has 2 aromatic carbocycles. The van der Waals surface area contributed by atoms with Gasteiger partial charge in [0.2, 0.25) is 0 Å². The van der Waals surface area contributed by atoms with Crippen LogP contribution in [0.5, 0.6) is 0 Å². The molecular formula is C24H24N4O. The van der Waals surface area contributed by atoms with E-state index in [2.05, 4.69) is 45.5 Å². The molecule has 29 heavy (non-hydrogen) atoms. The molecule has 2 aliphatic heterocycles. The van der Waals surface area contributed by atoms with E-state index >= 15 is 0 Å². The van der Waals surface area contributed by atoms with Gasteiger partial charge in [-0.05, 0) is 67.3 Å². The second-order valence-corrected chi connectivity index (χ2v) is 7.63. The summed E-state index contributed by atoms with van der Waals surface area (Å²) in [7, 11) is 0. The van der Waals surface area contributed by atoms with Crippen molar-refractivity contribution in [2.45, 2.75) is 19.3 Å². The Labute approximate surface area is 171 Å². The van der Waals surface area contributed by atoms with E-state index in [1.807, 2.05) is 29.2 Å². The van der Waals surface area contributed by atoms with E-state index in [0.717, 1.165) is 37.4 Å². The van der Waals surface area contributed by atoms with Gasteiger partial charge in [-0.1, -0.05) is 18.2 Å². The highest BCUT2D eigenvalue weighted by molar-refractivity contribution is 6.07. The number of nitrogens with zero attached hydrogens (tertiary/aromatic N) is 3. The van der Waals surface area contributed by atoms with Crippen LogP contribution in [0.2, 0.25) is 0 Å². The summed E-state index contributed by atoms with van der Waals surface area (Å²) in [5, 5.41) is 3.33. The lowest BCUT2D eigenvalue weighted by Gasteiger charge is -2.18. The smallest absolute Gasteiger partial charge is 0.258 e. The van der Waals surface area contributed by atoms with Gasteiger partial charge in [0.1, 0.15) is 5.82 Å². The Morgan fingerprint density at radius 3 is 2.55 bits per heavy atom. The van der Waals surface area contributed by atoms with E-state index in [1.165, 1.54) is 24.1 Å². The highest BCUT2D eigenvalue weighted by Crippen LogP contribution is 2.29. The number of aromatic nitrogens is 1. The summed E-state index contributed by atoms with van der Waals surface area (Å²) in [6, 6.07) is 20.2. The molecule has 0 spiro atoms. The van der Waals surface area contributed by atoms with Crippen molar-refractivity contribution in [1.29, 1.82) is 0 Å². The zero-order valence-electron chi connectivity index (χ0n) is 16.3. The molecule has 3 heterocycles. The van der Waals surface area contributed by atoms with Crippen LogP contribution in [0, 0.1) is 0 Å². The maximum absolute atomic E-state index is 13.1. The lowest BCUT2D eigenvalue weighted by atomic mass is 10.1. The molecule has 0 saturated carbocycles. The number of anilines is 4. The molecule has 0 radical (unpaired) electrons. The highest BCUT2D eigenvalue weighted by Gasteiger charge is 2.25. The molecule has 3 aromatic rings. The van der Waals surface area contributed by atoms with Crippen molar-refractivity contribution in [3.63, 3.8) is 0 Å². The van der Waals surface area contributed by atoms with E-state index in [1.54, 1.807) is 12.3 Å². The van der Waals surface area contributed by atoms with E-state index < -0.39 is 0 Å². The third-order valence-corrected chi connectivity index (χ3v) is 5.75. The largest absolute Gasteiger partial charge is 0.372 e. The molecular weight excluding hydrogens is 360 g/mol. The van der Waals surface area contributed by atoms with Gasteiger partial charge >= 0.3 is 0 Å². The summed E-state index contributed by atoms with van der Waals surface area (Å²) >= 11 is 0. The van der Waals surface area contributed by atoms with Gasteiger partial charge in [-0.2, -0.15) is 0 Å². The first kappa shape index (κ1) is 17.7. The van der Waals surface area contributed by atoms with Crippen molar-refractivity contribution < 1.29 is 4.79 Å². The van der Waals surface area contributed by atoms with Crippen LogP contribution >= 0.6 is 0 Å². The Bertz CT molecular complexity index is 1030. The second-order valence-electron chi connectivity index (χ2n) is 7.63. The third-order valence-electron chi connectivity index (χ3n) is 5.75. The molecule has 5 rings (SSSR count). The topological polar surface area (TPSA) is 48.5 Å². The molecule has 5 nitrogen and oxygen atoms in total. The maximum Gasteiger partial charge on any atom is 0.258 e. The quantitative estimate of drug-likeness (QED) is 0.713. The van der Waals surface area contributed by atoms with Crippen LogP contribution in [0.4, 0.5) is 22.9 Å². The number of amides is 1. The SMILES string of the molecule is O=C(c1ccnc(Nc2ccc(N3CCCC3)cc2)c1)N1CCc2ccccc21. The third kappa shape index (κ3) is 3.56. The first-order chi connectivity index (χ1) is 14.3. The summed E-state index contributed by atoms with van der Waals surface area (Å²) < 4.78 is 0. The van der Waals surface area contributed by atoms with E-state index in [-0.39, 0.29) is 5.91 Å². The maximum atomic E-state index is 13.1. The molecule has 1 N–H and O–H groups in total.